The number of carbonyl (C=O) groups is 2. The lowest BCUT2D eigenvalue weighted by Gasteiger charge is -2.55. The summed E-state index contributed by atoms with van der Waals surface area (Å²) in [7, 11) is 0. The van der Waals surface area contributed by atoms with Gasteiger partial charge in [-0.05, 0) is 104 Å². The molecule has 6 atom stereocenters. The average Bonchev–Trinajstić information content (AvgIpc) is 3.70. The van der Waals surface area contributed by atoms with Gasteiger partial charge in [-0.25, -0.2) is 0 Å². The van der Waals surface area contributed by atoms with Crippen LogP contribution in [-0.2, 0) is 26.8 Å². The average molecular weight is 575 g/mol. The molecule has 2 aromatic carbocycles. The van der Waals surface area contributed by atoms with Crippen molar-refractivity contribution < 1.29 is 14.7 Å². The Labute approximate surface area is 251 Å². The van der Waals surface area contributed by atoms with Gasteiger partial charge in [0.1, 0.15) is 11.8 Å². The summed E-state index contributed by atoms with van der Waals surface area (Å²) in [4.78, 5) is 30.0. The standard InChI is InChI=1S/C35H50N4O3/c1-23(2)18-30(32(41)37-16-9-8-15-36)38-33(42)35(26-10-6-5-7-11-26)21-27(35)22-39-17-14-34(4)24(3)31(39)19-25-12-13-28(40)20-29(25)34/h5-7,10-13,20,23-24,27,30-31,40H,8-9,14-19,21-22,36H2,1-4H3,(H,37,41)(H,38,42)/t24?,27?,30?,31?,34-,35+/m1/s1. The van der Waals surface area contributed by atoms with Crippen molar-refractivity contribution in [2.45, 2.75) is 89.1 Å². The number of hydrogen-bond acceptors (Lipinski definition) is 5. The van der Waals surface area contributed by atoms with Crippen LogP contribution in [0.25, 0.3) is 0 Å². The van der Waals surface area contributed by atoms with Gasteiger partial charge < -0.3 is 21.5 Å². The lowest BCUT2D eigenvalue weighted by Crippen LogP contribution is -2.58. The molecular weight excluding hydrogens is 524 g/mol. The maximum absolute atomic E-state index is 14.2. The third-order valence-electron chi connectivity index (χ3n) is 10.6. The van der Waals surface area contributed by atoms with Crippen molar-refractivity contribution in [3.63, 3.8) is 0 Å². The fourth-order valence-electron chi connectivity index (χ4n) is 7.85. The largest absolute Gasteiger partial charge is 0.508 e. The van der Waals surface area contributed by atoms with E-state index in [0.29, 0.717) is 37.2 Å². The smallest absolute Gasteiger partial charge is 0.242 e. The van der Waals surface area contributed by atoms with E-state index in [-0.39, 0.29) is 29.1 Å². The number of piperidine rings is 1. The number of nitrogens with zero attached hydrogens (tertiary/aromatic N) is 1. The first-order valence-electron chi connectivity index (χ1n) is 16.0. The summed E-state index contributed by atoms with van der Waals surface area (Å²) in [5.74, 6) is 1.11. The molecule has 7 heteroatoms. The van der Waals surface area contributed by atoms with E-state index in [4.69, 9.17) is 5.73 Å². The predicted octanol–water partition coefficient (Wildman–Crippen LogP) is 4.26. The first kappa shape index (κ1) is 30.6. The molecule has 0 aromatic heterocycles. The van der Waals surface area contributed by atoms with Crippen molar-refractivity contribution in [3.8, 4) is 5.75 Å². The van der Waals surface area contributed by atoms with Crippen LogP contribution >= 0.6 is 0 Å². The minimum absolute atomic E-state index is 0.0270. The molecule has 0 radical (unpaired) electrons. The van der Waals surface area contributed by atoms with Crippen LogP contribution in [0.1, 0.15) is 76.5 Å². The van der Waals surface area contributed by atoms with Gasteiger partial charge in [-0.15, -0.1) is 0 Å². The van der Waals surface area contributed by atoms with E-state index >= 15 is 0 Å². The first-order chi connectivity index (χ1) is 20.1. The van der Waals surface area contributed by atoms with Crippen LogP contribution in [0, 0.1) is 17.8 Å². The highest BCUT2D eigenvalue weighted by atomic mass is 16.3. The monoisotopic (exact) mass is 574 g/mol. The highest BCUT2D eigenvalue weighted by Gasteiger charge is 2.62. The van der Waals surface area contributed by atoms with E-state index in [2.05, 4.69) is 61.4 Å². The fraction of sp³-hybridized carbons (Fsp3) is 0.600. The Hall–Kier alpha value is -2.90. The van der Waals surface area contributed by atoms with E-state index < -0.39 is 11.5 Å². The summed E-state index contributed by atoms with van der Waals surface area (Å²) in [6.45, 7) is 11.9. The second-order valence-electron chi connectivity index (χ2n) is 13.7. The Balaban J connectivity index is 1.34. The molecule has 42 heavy (non-hydrogen) atoms. The van der Waals surface area contributed by atoms with E-state index in [0.717, 1.165) is 50.8 Å². The third kappa shape index (κ3) is 5.83. The molecule has 5 N–H and O–H groups in total. The van der Waals surface area contributed by atoms with E-state index in [9.17, 15) is 14.7 Å². The summed E-state index contributed by atoms with van der Waals surface area (Å²) in [5, 5.41) is 16.5. The van der Waals surface area contributed by atoms with Gasteiger partial charge in [-0.1, -0.05) is 64.1 Å². The molecule has 1 aliphatic heterocycles. The molecule has 1 saturated carbocycles. The molecule has 4 unspecified atom stereocenters. The van der Waals surface area contributed by atoms with Crippen molar-refractivity contribution >= 4 is 11.8 Å². The maximum Gasteiger partial charge on any atom is 0.242 e. The van der Waals surface area contributed by atoms with Crippen LogP contribution < -0.4 is 16.4 Å². The van der Waals surface area contributed by atoms with Crippen LogP contribution in [0.2, 0.25) is 0 Å². The van der Waals surface area contributed by atoms with Crippen LogP contribution in [-0.4, -0.2) is 60.1 Å². The van der Waals surface area contributed by atoms with Crippen molar-refractivity contribution in [1.82, 2.24) is 15.5 Å². The number of rotatable bonds is 12. The minimum atomic E-state index is -0.626. The Morgan fingerprint density at radius 3 is 2.62 bits per heavy atom. The second kappa shape index (κ2) is 12.4. The lowest BCUT2D eigenvalue weighted by molar-refractivity contribution is -0.131. The number of carbonyl (C=O) groups excluding carboxylic acids is 2. The van der Waals surface area contributed by atoms with Crippen molar-refractivity contribution in [2.24, 2.45) is 23.5 Å². The molecule has 1 heterocycles. The number of nitrogens with one attached hydrogen (secondary N) is 2. The van der Waals surface area contributed by atoms with Crippen LogP contribution in [0.4, 0.5) is 0 Å². The van der Waals surface area contributed by atoms with Gasteiger partial charge in [-0.2, -0.15) is 0 Å². The number of benzene rings is 2. The van der Waals surface area contributed by atoms with E-state index in [1.807, 2.05) is 30.3 Å². The summed E-state index contributed by atoms with van der Waals surface area (Å²) < 4.78 is 0. The SMILES string of the molecule is CC(C)CC(NC(=O)[C@]1(c2ccccc2)CC1CN1CC[C@@]2(C)c3cc(O)ccc3CC1C2C)C(=O)NCCCCN. The molecule has 0 spiro atoms. The number of amides is 2. The molecule has 2 bridgehead atoms. The van der Waals surface area contributed by atoms with Gasteiger partial charge in [0.15, 0.2) is 0 Å². The summed E-state index contributed by atoms with van der Waals surface area (Å²) in [6, 6.07) is 15.9. The predicted molar refractivity (Wildman–Crippen MR) is 167 cm³/mol. The van der Waals surface area contributed by atoms with Crippen molar-refractivity contribution in [1.29, 1.82) is 0 Å². The van der Waals surface area contributed by atoms with Gasteiger partial charge in [0.2, 0.25) is 11.8 Å². The Morgan fingerprint density at radius 1 is 1.14 bits per heavy atom. The molecule has 2 amide bonds. The zero-order chi connectivity index (χ0) is 30.1. The number of phenols is 1. The normalized spacial score (nSPS) is 29.0. The van der Waals surface area contributed by atoms with Gasteiger partial charge in [0.05, 0.1) is 5.41 Å². The third-order valence-corrected chi connectivity index (χ3v) is 10.6. The molecular formula is C35H50N4O3. The number of unbranched alkanes of at least 4 members (excludes halogenated alkanes) is 1. The van der Waals surface area contributed by atoms with Crippen LogP contribution in [0.15, 0.2) is 48.5 Å². The quantitative estimate of drug-likeness (QED) is 0.284. The second-order valence-corrected chi connectivity index (χ2v) is 13.7. The fourth-order valence-corrected chi connectivity index (χ4v) is 7.85. The highest BCUT2D eigenvalue weighted by molar-refractivity contribution is 5.95. The topological polar surface area (TPSA) is 108 Å². The zero-order valence-corrected chi connectivity index (χ0v) is 25.9. The van der Waals surface area contributed by atoms with Gasteiger partial charge >= 0.3 is 0 Å². The number of phenolic OH excluding ortho intramolecular Hbond substituents is 1. The van der Waals surface area contributed by atoms with Crippen LogP contribution in [0.5, 0.6) is 5.75 Å². The lowest BCUT2D eigenvalue weighted by atomic mass is 9.59. The molecule has 2 fully saturated rings. The molecule has 3 aliphatic rings. The van der Waals surface area contributed by atoms with Crippen molar-refractivity contribution in [2.75, 3.05) is 26.2 Å². The highest BCUT2D eigenvalue weighted by Crippen LogP contribution is 2.57. The summed E-state index contributed by atoms with van der Waals surface area (Å²) in [6.07, 6.45) is 5.08. The first-order valence-corrected chi connectivity index (χ1v) is 16.0. The number of aromatic hydroxyl groups is 1. The van der Waals surface area contributed by atoms with Gasteiger partial charge in [-0.3, -0.25) is 14.5 Å². The van der Waals surface area contributed by atoms with Crippen LogP contribution in [0.3, 0.4) is 0 Å². The van der Waals surface area contributed by atoms with E-state index in [1.54, 1.807) is 0 Å². The number of nitrogens with two attached hydrogens (primary N) is 1. The van der Waals surface area contributed by atoms with E-state index in [1.165, 1.54) is 11.1 Å². The summed E-state index contributed by atoms with van der Waals surface area (Å²) in [5.41, 5.74) is 8.69. The Kier molecular flexibility index (Phi) is 9.00. The molecule has 228 valence electrons. The number of fused-ring (bicyclic) bond motifs is 4. The van der Waals surface area contributed by atoms with Gasteiger partial charge in [0.25, 0.3) is 0 Å². The zero-order valence-electron chi connectivity index (χ0n) is 25.9. The minimum Gasteiger partial charge on any atom is -0.508 e. The number of likely N-dealkylation sites (tertiary alicyclic amines) is 1. The summed E-state index contributed by atoms with van der Waals surface area (Å²) >= 11 is 0. The Bertz CT molecular complexity index is 1270. The Morgan fingerprint density at radius 2 is 1.90 bits per heavy atom. The molecule has 1 saturated heterocycles. The van der Waals surface area contributed by atoms with Crippen molar-refractivity contribution in [3.05, 3.63) is 65.2 Å². The maximum atomic E-state index is 14.2. The van der Waals surface area contributed by atoms with Gasteiger partial charge in [0, 0.05) is 19.1 Å². The molecule has 5 rings (SSSR count). The number of hydrogen-bond donors (Lipinski definition) is 4. The molecule has 2 aromatic rings. The molecule has 2 aliphatic carbocycles. The molecule has 7 nitrogen and oxygen atoms in total.